The van der Waals surface area contributed by atoms with Crippen LogP contribution in [0.2, 0.25) is 5.02 Å². The third kappa shape index (κ3) is 2.98. The summed E-state index contributed by atoms with van der Waals surface area (Å²) >= 11 is 6.16. The molecule has 1 N–H and O–H groups in total. The molecule has 2 aromatic carbocycles. The van der Waals surface area contributed by atoms with Gasteiger partial charge in [-0.25, -0.2) is 0 Å². The van der Waals surface area contributed by atoms with Crippen molar-refractivity contribution in [1.82, 2.24) is 0 Å². The monoisotopic (exact) mass is 272 g/mol. The number of nitrogens with zero attached hydrogens (tertiary/aromatic N) is 1. The molecular formula is C15H13ClN2O. The van der Waals surface area contributed by atoms with Gasteiger partial charge in [0.1, 0.15) is 11.8 Å². The van der Waals surface area contributed by atoms with Gasteiger partial charge in [-0.05, 0) is 24.3 Å². The standard InChI is InChI=1S/C15H13ClN2O/c1-19-15-8-4-6-13(16)12(15)10-18-14-7-3-2-5-11(14)9-17/h2-8,18H,10H2,1H3. The zero-order valence-electron chi connectivity index (χ0n) is 10.5. The molecule has 0 bridgehead atoms. The van der Waals surface area contributed by atoms with E-state index in [1.54, 1.807) is 13.2 Å². The van der Waals surface area contributed by atoms with Crippen LogP contribution in [0.25, 0.3) is 0 Å². The molecule has 0 aliphatic rings. The van der Waals surface area contributed by atoms with Gasteiger partial charge in [-0.2, -0.15) is 5.26 Å². The van der Waals surface area contributed by atoms with Gasteiger partial charge in [0.15, 0.2) is 0 Å². The van der Waals surface area contributed by atoms with E-state index in [-0.39, 0.29) is 0 Å². The van der Waals surface area contributed by atoms with Crippen molar-refractivity contribution in [3.8, 4) is 11.8 Å². The lowest BCUT2D eigenvalue weighted by Crippen LogP contribution is -2.03. The molecule has 2 rings (SSSR count). The summed E-state index contributed by atoms with van der Waals surface area (Å²) < 4.78 is 5.28. The van der Waals surface area contributed by atoms with Gasteiger partial charge in [0.25, 0.3) is 0 Å². The fourth-order valence-electron chi connectivity index (χ4n) is 1.82. The van der Waals surface area contributed by atoms with Crippen LogP contribution in [0.1, 0.15) is 11.1 Å². The van der Waals surface area contributed by atoms with Crippen LogP contribution >= 0.6 is 11.6 Å². The van der Waals surface area contributed by atoms with Gasteiger partial charge in [-0.3, -0.25) is 0 Å². The van der Waals surface area contributed by atoms with Crippen LogP contribution < -0.4 is 10.1 Å². The fraction of sp³-hybridized carbons (Fsp3) is 0.133. The molecule has 0 aliphatic heterocycles. The molecule has 4 heteroatoms. The smallest absolute Gasteiger partial charge is 0.125 e. The predicted molar refractivity (Wildman–Crippen MR) is 76.5 cm³/mol. The summed E-state index contributed by atoms with van der Waals surface area (Å²) in [7, 11) is 1.61. The molecule has 0 heterocycles. The number of para-hydroxylation sites is 1. The number of hydrogen-bond acceptors (Lipinski definition) is 3. The minimum atomic E-state index is 0.502. The summed E-state index contributed by atoms with van der Waals surface area (Å²) in [6.07, 6.45) is 0. The summed E-state index contributed by atoms with van der Waals surface area (Å²) in [5.74, 6) is 0.731. The van der Waals surface area contributed by atoms with Crippen molar-refractivity contribution < 1.29 is 4.74 Å². The quantitative estimate of drug-likeness (QED) is 0.920. The zero-order valence-corrected chi connectivity index (χ0v) is 11.2. The molecule has 2 aromatic rings. The van der Waals surface area contributed by atoms with Crippen molar-refractivity contribution in [2.24, 2.45) is 0 Å². The molecular weight excluding hydrogens is 260 g/mol. The van der Waals surface area contributed by atoms with E-state index < -0.39 is 0 Å². The van der Waals surface area contributed by atoms with Crippen LogP contribution in [-0.4, -0.2) is 7.11 Å². The molecule has 0 amide bonds. The number of benzene rings is 2. The molecule has 96 valence electrons. The number of halogens is 1. The first-order valence-corrected chi connectivity index (χ1v) is 6.18. The second-order valence-corrected chi connectivity index (χ2v) is 4.34. The van der Waals surface area contributed by atoms with E-state index in [0.717, 1.165) is 17.0 Å². The Morgan fingerprint density at radius 3 is 2.74 bits per heavy atom. The Morgan fingerprint density at radius 2 is 2.00 bits per heavy atom. The Hall–Kier alpha value is -2.18. The summed E-state index contributed by atoms with van der Waals surface area (Å²) in [4.78, 5) is 0. The number of rotatable bonds is 4. The number of ether oxygens (including phenoxy) is 1. The third-order valence-electron chi connectivity index (χ3n) is 2.80. The highest BCUT2D eigenvalue weighted by molar-refractivity contribution is 6.31. The van der Waals surface area contributed by atoms with Crippen LogP contribution in [0, 0.1) is 11.3 Å². The van der Waals surface area contributed by atoms with Crippen LogP contribution in [0.15, 0.2) is 42.5 Å². The SMILES string of the molecule is COc1cccc(Cl)c1CNc1ccccc1C#N. The highest BCUT2D eigenvalue weighted by Crippen LogP contribution is 2.27. The highest BCUT2D eigenvalue weighted by Gasteiger charge is 2.08. The summed E-state index contributed by atoms with van der Waals surface area (Å²) in [6, 6.07) is 15.0. The molecule has 0 unspecified atom stereocenters. The van der Waals surface area contributed by atoms with Crippen molar-refractivity contribution in [2.45, 2.75) is 6.54 Å². The topological polar surface area (TPSA) is 45.0 Å². The molecule has 0 aliphatic carbocycles. The molecule has 3 nitrogen and oxygen atoms in total. The van der Waals surface area contributed by atoms with E-state index in [4.69, 9.17) is 21.6 Å². The molecule has 0 saturated carbocycles. The molecule has 0 saturated heterocycles. The third-order valence-corrected chi connectivity index (χ3v) is 3.15. The van der Waals surface area contributed by atoms with E-state index in [1.165, 1.54) is 0 Å². The van der Waals surface area contributed by atoms with Crippen molar-refractivity contribution in [2.75, 3.05) is 12.4 Å². The first-order valence-electron chi connectivity index (χ1n) is 5.80. The van der Waals surface area contributed by atoms with Crippen molar-refractivity contribution in [1.29, 1.82) is 5.26 Å². The first-order chi connectivity index (χ1) is 9.26. The number of nitriles is 1. The lowest BCUT2D eigenvalue weighted by atomic mass is 10.1. The Bertz CT molecular complexity index is 620. The van der Waals surface area contributed by atoms with Crippen molar-refractivity contribution in [3.05, 3.63) is 58.6 Å². The van der Waals surface area contributed by atoms with E-state index in [1.807, 2.05) is 36.4 Å². The molecule has 0 aromatic heterocycles. The van der Waals surface area contributed by atoms with E-state index >= 15 is 0 Å². The van der Waals surface area contributed by atoms with Crippen LogP contribution in [0.5, 0.6) is 5.75 Å². The minimum absolute atomic E-state index is 0.502. The maximum absolute atomic E-state index is 9.03. The normalized spacial score (nSPS) is 9.74. The number of hydrogen-bond donors (Lipinski definition) is 1. The Balaban J connectivity index is 2.22. The molecule has 0 spiro atoms. The van der Waals surface area contributed by atoms with Crippen molar-refractivity contribution in [3.63, 3.8) is 0 Å². The van der Waals surface area contributed by atoms with E-state index in [2.05, 4.69) is 11.4 Å². The maximum atomic E-state index is 9.03. The van der Waals surface area contributed by atoms with E-state index in [0.29, 0.717) is 17.1 Å². The zero-order chi connectivity index (χ0) is 13.7. The number of methoxy groups -OCH3 is 1. The van der Waals surface area contributed by atoms with Crippen LogP contribution in [0.4, 0.5) is 5.69 Å². The lowest BCUT2D eigenvalue weighted by molar-refractivity contribution is 0.410. The second kappa shape index (κ2) is 6.12. The first kappa shape index (κ1) is 13.3. The van der Waals surface area contributed by atoms with Gasteiger partial charge >= 0.3 is 0 Å². The van der Waals surface area contributed by atoms with Gasteiger partial charge in [-0.1, -0.05) is 29.8 Å². The van der Waals surface area contributed by atoms with Crippen molar-refractivity contribution >= 4 is 17.3 Å². The van der Waals surface area contributed by atoms with Crippen LogP contribution in [0.3, 0.4) is 0 Å². The second-order valence-electron chi connectivity index (χ2n) is 3.93. The van der Waals surface area contributed by atoms with Gasteiger partial charge in [0.2, 0.25) is 0 Å². The summed E-state index contributed by atoms with van der Waals surface area (Å²) in [5, 5.41) is 12.9. The Morgan fingerprint density at radius 1 is 1.21 bits per heavy atom. The Labute approximate surface area is 117 Å². The molecule has 0 fully saturated rings. The molecule has 0 atom stereocenters. The van der Waals surface area contributed by atoms with Crippen LogP contribution in [-0.2, 0) is 6.54 Å². The maximum Gasteiger partial charge on any atom is 0.125 e. The Kier molecular flexibility index (Phi) is 4.27. The molecule has 19 heavy (non-hydrogen) atoms. The predicted octanol–water partition coefficient (Wildman–Crippen LogP) is 3.83. The number of anilines is 1. The highest BCUT2D eigenvalue weighted by atomic mass is 35.5. The number of nitrogens with one attached hydrogen (secondary N) is 1. The average Bonchev–Trinajstić information content (AvgIpc) is 2.46. The van der Waals surface area contributed by atoms with Gasteiger partial charge in [0.05, 0.1) is 18.4 Å². The summed E-state index contributed by atoms with van der Waals surface area (Å²) in [5.41, 5.74) is 2.26. The fourth-order valence-corrected chi connectivity index (χ4v) is 2.05. The van der Waals surface area contributed by atoms with Gasteiger partial charge in [0, 0.05) is 17.1 Å². The minimum Gasteiger partial charge on any atom is -0.496 e. The van der Waals surface area contributed by atoms with E-state index in [9.17, 15) is 0 Å². The van der Waals surface area contributed by atoms with Gasteiger partial charge in [-0.15, -0.1) is 0 Å². The lowest BCUT2D eigenvalue weighted by Gasteiger charge is -2.12. The van der Waals surface area contributed by atoms with Gasteiger partial charge < -0.3 is 10.1 Å². The average molecular weight is 273 g/mol. The largest absolute Gasteiger partial charge is 0.496 e. The summed E-state index contributed by atoms with van der Waals surface area (Å²) in [6.45, 7) is 0.502. The molecule has 0 radical (unpaired) electrons.